The number of rotatable bonds is 5. The second-order valence-corrected chi connectivity index (χ2v) is 6.84. The summed E-state index contributed by atoms with van der Waals surface area (Å²) in [5, 5.41) is 12.7. The van der Waals surface area contributed by atoms with E-state index < -0.39 is 0 Å². The van der Waals surface area contributed by atoms with E-state index in [2.05, 4.69) is 60.7 Å². The molecule has 0 spiro atoms. The average Bonchev–Trinajstić information content (AvgIpc) is 2.49. The Morgan fingerprint density at radius 1 is 1.14 bits per heavy atom. The fraction of sp³-hybridized carbons (Fsp3) is 0.611. The highest BCUT2D eigenvalue weighted by atomic mass is 15.1. The van der Waals surface area contributed by atoms with Crippen LogP contribution in [-0.2, 0) is 6.42 Å². The summed E-state index contributed by atoms with van der Waals surface area (Å²) in [4.78, 5) is 2.29. The van der Waals surface area contributed by atoms with E-state index in [9.17, 15) is 5.26 Å². The molecule has 0 amide bonds. The second-order valence-electron chi connectivity index (χ2n) is 6.84. The molecule has 0 radical (unpaired) electrons. The van der Waals surface area contributed by atoms with Gasteiger partial charge in [-0.1, -0.05) is 30.3 Å². The van der Waals surface area contributed by atoms with Gasteiger partial charge in [0.05, 0.1) is 6.07 Å². The summed E-state index contributed by atoms with van der Waals surface area (Å²) in [7, 11) is 6.22. The van der Waals surface area contributed by atoms with Gasteiger partial charge in [-0.2, -0.15) is 5.26 Å². The number of benzene rings is 1. The Morgan fingerprint density at radius 2 is 1.76 bits per heavy atom. The normalized spacial score (nSPS) is 29.3. The standard InChI is InChI=1S/C18H27N3/c1-20-18(14-19)11-9-17(10-12-18,15-21(2)3)13-16-7-5-4-6-8-16/h4-8,20H,9-13,15H2,1-3H3. The lowest BCUT2D eigenvalue weighted by Gasteiger charge is -2.45. The largest absolute Gasteiger partial charge is 0.309 e. The van der Waals surface area contributed by atoms with Gasteiger partial charge in [0.25, 0.3) is 0 Å². The maximum absolute atomic E-state index is 9.46. The topological polar surface area (TPSA) is 39.1 Å². The van der Waals surface area contributed by atoms with Gasteiger partial charge < -0.3 is 10.2 Å². The number of nitrogens with one attached hydrogen (secondary N) is 1. The quantitative estimate of drug-likeness (QED) is 0.904. The molecule has 0 unspecified atom stereocenters. The van der Waals surface area contributed by atoms with Crippen LogP contribution in [0.3, 0.4) is 0 Å². The zero-order chi connectivity index (χ0) is 15.3. The van der Waals surface area contributed by atoms with E-state index in [4.69, 9.17) is 0 Å². The fourth-order valence-corrected chi connectivity index (χ4v) is 3.72. The first-order valence-electron chi connectivity index (χ1n) is 7.82. The molecule has 0 aliphatic heterocycles. The van der Waals surface area contributed by atoms with E-state index in [1.165, 1.54) is 5.56 Å². The number of nitriles is 1. The summed E-state index contributed by atoms with van der Waals surface area (Å²) in [6.45, 7) is 1.09. The first kappa shape index (κ1) is 16.0. The van der Waals surface area contributed by atoms with Crippen LogP contribution in [0.2, 0.25) is 0 Å². The zero-order valence-corrected chi connectivity index (χ0v) is 13.5. The van der Waals surface area contributed by atoms with E-state index in [1.54, 1.807) is 0 Å². The Bertz CT molecular complexity index is 479. The van der Waals surface area contributed by atoms with Gasteiger partial charge in [-0.25, -0.2) is 0 Å². The molecular weight excluding hydrogens is 258 g/mol. The third kappa shape index (κ3) is 3.84. The third-order valence-corrected chi connectivity index (χ3v) is 4.93. The van der Waals surface area contributed by atoms with E-state index >= 15 is 0 Å². The maximum atomic E-state index is 9.46. The van der Waals surface area contributed by atoms with Crippen LogP contribution in [-0.4, -0.2) is 38.1 Å². The van der Waals surface area contributed by atoms with E-state index in [-0.39, 0.29) is 5.54 Å². The molecule has 0 aromatic heterocycles. The fourth-order valence-electron chi connectivity index (χ4n) is 3.72. The molecule has 3 heteroatoms. The molecule has 1 N–H and O–H groups in total. The predicted molar refractivity (Wildman–Crippen MR) is 87.0 cm³/mol. The van der Waals surface area contributed by atoms with Gasteiger partial charge in [-0.05, 0) is 64.2 Å². The minimum Gasteiger partial charge on any atom is -0.309 e. The Morgan fingerprint density at radius 3 is 2.24 bits per heavy atom. The number of nitrogens with zero attached hydrogens (tertiary/aromatic N) is 2. The molecule has 1 aromatic rings. The van der Waals surface area contributed by atoms with Crippen molar-refractivity contribution < 1.29 is 0 Å². The van der Waals surface area contributed by atoms with Crippen LogP contribution in [0.4, 0.5) is 0 Å². The van der Waals surface area contributed by atoms with Gasteiger partial charge in [0.15, 0.2) is 0 Å². The Hall–Kier alpha value is -1.37. The predicted octanol–water partition coefficient (Wildman–Crippen LogP) is 2.83. The van der Waals surface area contributed by atoms with Crippen LogP contribution in [0.15, 0.2) is 30.3 Å². The second kappa shape index (κ2) is 6.60. The van der Waals surface area contributed by atoms with Crippen LogP contribution in [0.5, 0.6) is 0 Å². The van der Waals surface area contributed by atoms with Gasteiger partial charge in [-0.3, -0.25) is 0 Å². The van der Waals surface area contributed by atoms with Gasteiger partial charge in [0.1, 0.15) is 5.54 Å². The molecular formula is C18H27N3. The smallest absolute Gasteiger partial charge is 0.106 e. The van der Waals surface area contributed by atoms with Crippen molar-refractivity contribution >= 4 is 0 Å². The van der Waals surface area contributed by atoms with E-state index in [0.717, 1.165) is 38.6 Å². The zero-order valence-electron chi connectivity index (χ0n) is 13.5. The molecule has 21 heavy (non-hydrogen) atoms. The van der Waals surface area contributed by atoms with Crippen molar-refractivity contribution in [3.63, 3.8) is 0 Å². The number of hydrogen-bond donors (Lipinski definition) is 1. The average molecular weight is 285 g/mol. The molecule has 1 fully saturated rings. The van der Waals surface area contributed by atoms with Crippen LogP contribution in [0, 0.1) is 16.7 Å². The SMILES string of the molecule is CNC1(C#N)CCC(Cc2ccccc2)(CN(C)C)CC1. The summed E-state index contributed by atoms with van der Waals surface area (Å²) in [5.41, 5.74) is 1.39. The van der Waals surface area contributed by atoms with Crippen LogP contribution in [0.25, 0.3) is 0 Å². The molecule has 1 aliphatic rings. The summed E-state index contributed by atoms with van der Waals surface area (Å²) in [6, 6.07) is 13.3. The molecule has 1 saturated carbocycles. The first-order chi connectivity index (χ1) is 10.0. The van der Waals surface area contributed by atoms with Crippen molar-refractivity contribution in [2.24, 2.45) is 5.41 Å². The van der Waals surface area contributed by atoms with Crippen molar-refractivity contribution in [3.05, 3.63) is 35.9 Å². The van der Waals surface area contributed by atoms with E-state index in [0.29, 0.717) is 5.41 Å². The Labute approximate surface area is 129 Å². The summed E-state index contributed by atoms with van der Waals surface area (Å²) in [5.74, 6) is 0. The minimum absolute atomic E-state index is 0.294. The van der Waals surface area contributed by atoms with Gasteiger partial charge in [0.2, 0.25) is 0 Å². The summed E-state index contributed by atoms with van der Waals surface area (Å²) >= 11 is 0. The van der Waals surface area contributed by atoms with Crippen molar-refractivity contribution in [2.75, 3.05) is 27.7 Å². The summed E-state index contributed by atoms with van der Waals surface area (Å²) in [6.07, 6.45) is 5.21. The van der Waals surface area contributed by atoms with Crippen LogP contribution in [0.1, 0.15) is 31.2 Å². The van der Waals surface area contributed by atoms with Gasteiger partial charge >= 0.3 is 0 Å². The Balaban J connectivity index is 2.15. The molecule has 1 aromatic carbocycles. The highest BCUT2D eigenvalue weighted by Crippen LogP contribution is 2.43. The molecule has 0 saturated heterocycles. The van der Waals surface area contributed by atoms with Gasteiger partial charge in [0, 0.05) is 6.54 Å². The van der Waals surface area contributed by atoms with Crippen molar-refractivity contribution in [1.29, 1.82) is 5.26 Å². The lowest BCUT2D eigenvalue weighted by atomic mass is 9.65. The van der Waals surface area contributed by atoms with Gasteiger partial charge in [-0.15, -0.1) is 0 Å². The van der Waals surface area contributed by atoms with E-state index in [1.807, 2.05) is 7.05 Å². The number of hydrogen-bond acceptors (Lipinski definition) is 3. The monoisotopic (exact) mass is 285 g/mol. The maximum Gasteiger partial charge on any atom is 0.106 e. The Kier molecular flexibility index (Phi) is 5.03. The molecule has 3 nitrogen and oxygen atoms in total. The van der Waals surface area contributed by atoms with Crippen molar-refractivity contribution in [3.8, 4) is 6.07 Å². The van der Waals surface area contributed by atoms with Crippen molar-refractivity contribution in [2.45, 2.75) is 37.6 Å². The lowest BCUT2D eigenvalue weighted by molar-refractivity contribution is 0.100. The molecule has 0 bridgehead atoms. The first-order valence-corrected chi connectivity index (χ1v) is 7.82. The lowest BCUT2D eigenvalue weighted by Crippen LogP contribution is -2.50. The molecule has 1 aliphatic carbocycles. The van der Waals surface area contributed by atoms with Crippen LogP contribution >= 0.6 is 0 Å². The molecule has 114 valence electrons. The van der Waals surface area contributed by atoms with Crippen molar-refractivity contribution in [1.82, 2.24) is 10.2 Å². The molecule has 0 atom stereocenters. The molecule has 2 rings (SSSR count). The highest BCUT2D eigenvalue weighted by molar-refractivity contribution is 5.19. The minimum atomic E-state index is -0.313. The third-order valence-electron chi connectivity index (χ3n) is 4.93. The van der Waals surface area contributed by atoms with Crippen LogP contribution < -0.4 is 5.32 Å². The highest BCUT2D eigenvalue weighted by Gasteiger charge is 2.42. The molecule has 0 heterocycles. The summed E-state index contributed by atoms with van der Waals surface area (Å²) < 4.78 is 0.